The normalized spacial score (nSPS) is 21.0. The Morgan fingerprint density at radius 3 is 1.29 bits per heavy atom. The Kier molecular flexibility index (Phi) is 20.9. The number of aromatic nitrogens is 2. The minimum Gasteiger partial charge on any atom is -1.00 e. The molecule has 4 heterocycles. The molecule has 9 heteroatoms. The maximum absolute atomic E-state index is 6.23. The Hall–Kier alpha value is -0.381. The second kappa shape index (κ2) is 23.1. The molecule has 4 atom stereocenters. The van der Waals surface area contributed by atoms with Crippen LogP contribution in [-0.4, -0.2) is 41.4 Å². The number of ether oxygens (including phenoxy) is 4. The van der Waals surface area contributed by atoms with E-state index < -0.39 is 0 Å². The molecule has 0 N–H and O–H groups in total. The molecule has 6 nitrogen and oxygen atoms in total. The molecule has 2 saturated heterocycles. The number of hydrogen-bond donors (Lipinski definition) is 0. The van der Waals surface area contributed by atoms with Crippen molar-refractivity contribution in [2.45, 2.75) is 139 Å². The summed E-state index contributed by atoms with van der Waals surface area (Å²) in [5, 5.41) is 0. The fraction of sp³-hybridized carbons (Fsp3) is 0.722. The number of halogens is 2. The van der Waals surface area contributed by atoms with Gasteiger partial charge in [0.05, 0.1) is 0 Å². The molecule has 45 heavy (non-hydrogen) atoms. The summed E-state index contributed by atoms with van der Waals surface area (Å²) in [6.45, 7) is 11.8. The van der Waals surface area contributed by atoms with Crippen molar-refractivity contribution in [3.63, 3.8) is 0 Å². The third-order valence-electron chi connectivity index (χ3n) is 8.77. The predicted octanol–water partition coefficient (Wildman–Crippen LogP) is 2.18. The van der Waals surface area contributed by atoms with E-state index in [1.165, 1.54) is 25.7 Å². The molecule has 256 valence electrons. The Labute approximate surface area is 301 Å². The number of nitrogens with zero attached hydrogens (tertiary/aromatic N) is 2. The van der Waals surface area contributed by atoms with Crippen molar-refractivity contribution >= 4 is 15.0 Å². The molecule has 4 unspecified atom stereocenters. The fourth-order valence-electron chi connectivity index (χ4n) is 6.19. The van der Waals surface area contributed by atoms with Crippen molar-refractivity contribution in [3.8, 4) is 0 Å². The Morgan fingerprint density at radius 1 is 0.600 bits per heavy atom. The van der Waals surface area contributed by atoms with Gasteiger partial charge >= 0.3 is 269 Å². The average Bonchev–Trinajstić information content (AvgIpc) is 3.04. The van der Waals surface area contributed by atoms with Gasteiger partial charge in [-0.3, -0.25) is 0 Å². The van der Waals surface area contributed by atoms with Gasteiger partial charge in [-0.25, -0.2) is 0 Å². The molecular weight excluding hydrogens is 763 g/mol. The molecule has 2 aromatic rings. The quantitative estimate of drug-likeness (QED) is 0.0891. The van der Waals surface area contributed by atoms with Gasteiger partial charge in [0.15, 0.2) is 0 Å². The van der Waals surface area contributed by atoms with Crippen LogP contribution >= 0.6 is 0 Å². The summed E-state index contributed by atoms with van der Waals surface area (Å²) in [6.07, 6.45) is 22.5. The van der Waals surface area contributed by atoms with Crippen LogP contribution in [0.1, 0.15) is 141 Å². The van der Waals surface area contributed by atoms with E-state index in [9.17, 15) is 0 Å². The number of fused-ring (bicyclic) bond motifs is 2. The molecule has 4 rings (SSSR count). The molecule has 0 aliphatic carbocycles. The second-order valence-electron chi connectivity index (χ2n) is 12.2. The summed E-state index contributed by atoms with van der Waals surface area (Å²) >= 11 is 0.598. The van der Waals surface area contributed by atoms with E-state index in [1.54, 1.807) is 0 Å². The maximum atomic E-state index is 6.23. The molecular formula is C36H58Br2N2O4Se. The molecule has 2 fully saturated rings. The minimum atomic E-state index is -0.271. The molecule has 2 bridgehead atoms. The van der Waals surface area contributed by atoms with Crippen molar-refractivity contribution in [2.75, 3.05) is 26.4 Å². The van der Waals surface area contributed by atoms with Gasteiger partial charge in [0, 0.05) is 0 Å². The van der Waals surface area contributed by atoms with Crippen LogP contribution in [0.5, 0.6) is 0 Å². The van der Waals surface area contributed by atoms with Gasteiger partial charge in [-0.15, -0.1) is 0 Å². The molecule has 2 aliphatic rings. The van der Waals surface area contributed by atoms with Crippen molar-refractivity contribution in [2.24, 2.45) is 0 Å². The zero-order chi connectivity index (χ0) is 30.3. The summed E-state index contributed by atoms with van der Waals surface area (Å²) in [5.74, 6) is 0. The minimum absolute atomic E-state index is 0. The predicted molar refractivity (Wildman–Crippen MR) is 172 cm³/mol. The first-order valence-corrected chi connectivity index (χ1v) is 19.3. The van der Waals surface area contributed by atoms with E-state index in [0.717, 1.165) is 98.6 Å². The number of pyridine rings is 2. The van der Waals surface area contributed by atoms with Crippen LogP contribution in [0.4, 0.5) is 0 Å². The maximum Gasteiger partial charge on any atom is -1.00 e. The van der Waals surface area contributed by atoms with Crippen LogP contribution in [-0.2, 0) is 18.9 Å². The fourth-order valence-corrected chi connectivity index (χ4v) is 10.2. The van der Waals surface area contributed by atoms with Gasteiger partial charge < -0.3 is 34.0 Å². The van der Waals surface area contributed by atoms with E-state index in [1.807, 2.05) is 0 Å². The zero-order valence-corrected chi connectivity index (χ0v) is 33.0. The van der Waals surface area contributed by atoms with Crippen molar-refractivity contribution in [1.82, 2.24) is 0 Å². The van der Waals surface area contributed by atoms with Crippen LogP contribution < -0.4 is 43.1 Å². The molecule has 0 aromatic carbocycles. The standard InChI is InChI=1S/C36H58N2O4Se.2BrH/c1-5-9-23-39-35(40-24-10-6-2)29-15-13-21-37(27-29)31-17-19-34-32(18-20-33(31)43-34)38-22-14-16-30(28-38)36(41-25-11-7-3)42-26-12-8-4;;/h13-16,21-22,27-28,31-36H,5-12,17-20,23-26H2,1-4H3;2*1H/q+2;;/p-2. The summed E-state index contributed by atoms with van der Waals surface area (Å²) < 4.78 is 29.9. The summed E-state index contributed by atoms with van der Waals surface area (Å²) in [6, 6.07) is 9.90. The Bertz CT molecular complexity index is 966. The molecule has 0 saturated carbocycles. The van der Waals surface area contributed by atoms with Gasteiger partial charge in [-0.1, -0.05) is 0 Å². The Balaban J connectivity index is 0.00000353. The molecule has 0 radical (unpaired) electrons. The Morgan fingerprint density at radius 2 is 0.956 bits per heavy atom. The van der Waals surface area contributed by atoms with Crippen molar-refractivity contribution in [3.05, 3.63) is 60.2 Å². The van der Waals surface area contributed by atoms with Crippen molar-refractivity contribution < 1.29 is 62.0 Å². The third-order valence-corrected chi connectivity index (χ3v) is 12.5. The van der Waals surface area contributed by atoms with Crippen LogP contribution in [0.3, 0.4) is 0 Å². The summed E-state index contributed by atoms with van der Waals surface area (Å²) in [4.78, 5) is 1.55. The molecule has 2 aromatic heterocycles. The third kappa shape index (κ3) is 12.5. The van der Waals surface area contributed by atoms with Gasteiger partial charge in [0.25, 0.3) is 0 Å². The smallest absolute Gasteiger partial charge is 1.00 e. The number of hydrogen-bond acceptors (Lipinski definition) is 4. The average molecular weight is 822 g/mol. The number of rotatable bonds is 20. The zero-order valence-electron chi connectivity index (χ0n) is 28.1. The monoisotopic (exact) mass is 820 g/mol. The molecule has 0 amide bonds. The summed E-state index contributed by atoms with van der Waals surface area (Å²) in [5.41, 5.74) is 2.31. The van der Waals surface area contributed by atoms with E-state index in [2.05, 4.69) is 85.9 Å². The molecule has 2 aliphatic heterocycles. The second-order valence-corrected chi connectivity index (χ2v) is 15.3. The summed E-state index contributed by atoms with van der Waals surface area (Å²) in [7, 11) is 0. The SMILES string of the molecule is CCCCOC(OCCCC)c1ccc[n+](C2CCC3[Se]C2CCC3[n+]2cccc(C(OCCCC)OCCCC)c2)c1.[Br-].[Br-]. The van der Waals surface area contributed by atoms with Gasteiger partial charge in [-0.05, 0) is 0 Å². The van der Waals surface area contributed by atoms with E-state index in [0.29, 0.717) is 27.0 Å². The first-order valence-electron chi connectivity index (χ1n) is 17.3. The van der Waals surface area contributed by atoms with Gasteiger partial charge in [0.2, 0.25) is 0 Å². The van der Waals surface area contributed by atoms with E-state index in [-0.39, 0.29) is 46.5 Å². The van der Waals surface area contributed by atoms with Crippen LogP contribution in [0, 0.1) is 0 Å². The van der Waals surface area contributed by atoms with Crippen molar-refractivity contribution in [1.29, 1.82) is 0 Å². The van der Waals surface area contributed by atoms with Crippen LogP contribution in [0.2, 0.25) is 9.63 Å². The first-order chi connectivity index (χ1) is 21.2. The van der Waals surface area contributed by atoms with E-state index >= 15 is 0 Å². The topological polar surface area (TPSA) is 44.7 Å². The van der Waals surface area contributed by atoms with Gasteiger partial charge in [0.1, 0.15) is 0 Å². The molecule has 0 spiro atoms. The first kappa shape index (κ1) is 40.8. The van der Waals surface area contributed by atoms with Crippen LogP contribution in [0.25, 0.3) is 0 Å². The van der Waals surface area contributed by atoms with E-state index in [4.69, 9.17) is 18.9 Å². The largest absolute Gasteiger partial charge is 1.00 e. The van der Waals surface area contributed by atoms with Gasteiger partial charge in [-0.2, -0.15) is 0 Å². The number of unbranched alkanes of at least 4 members (excludes halogenated alkanes) is 4. The van der Waals surface area contributed by atoms with Crippen LogP contribution in [0.15, 0.2) is 49.1 Å².